The van der Waals surface area contributed by atoms with Crippen molar-refractivity contribution >= 4 is 17.7 Å². The van der Waals surface area contributed by atoms with E-state index in [1.165, 1.54) is 18.2 Å². The van der Waals surface area contributed by atoms with E-state index in [4.69, 9.17) is 9.84 Å². The van der Waals surface area contributed by atoms with Crippen LogP contribution in [-0.2, 0) is 9.53 Å². The first-order chi connectivity index (χ1) is 9.06. The van der Waals surface area contributed by atoms with Gasteiger partial charge in [0.1, 0.15) is 5.82 Å². The minimum atomic E-state index is -1.05. The van der Waals surface area contributed by atoms with Gasteiger partial charge in [-0.1, -0.05) is 0 Å². The molecule has 1 aliphatic rings. The van der Waals surface area contributed by atoms with Gasteiger partial charge in [0.05, 0.1) is 12.7 Å². The summed E-state index contributed by atoms with van der Waals surface area (Å²) in [6.45, 7) is 4.01. The van der Waals surface area contributed by atoms with E-state index in [-0.39, 0.29) is 11.9 Å². The molecule has 4 nitrogen and oxygen atoms in total. The standard InChI is InChI=1S/C14H16FNO3/c1-10-9-16(6-7-19-10)13-4-3-12(15)8-11(13)2-5-14(17)18/h2-5,8,10H,6-7,9H2,1H3,(H,17,18)/b5-2+. The van der Waals surface area contributed by atoms with E-state index in [0.29, 0.717) is 25.3 Å². The van der Waals surface area contributed by atoms with Crippen molar-refractivity contribution in [1.29, 1.82) is 0 Å². The Morgan fingerprint density at radius 1 is 1.58 bits per heavy atom. The first kappa shape index (κ1) is 13.5. The van der Waals surface area contributed by atoms with Gasteiger partial charge in [-0.3, -0.25) is 0 Å². The van der Waals surface area contributed by atoms with Crippen molar-refractivity contribution in [2.24, 2.45) is 0 Å². The molecule has 1 unspecified atom stereocenters. The van der Waals surface area contributed by atoms with Crippen LogP contribution in [0.2, 0.25) is 0 Å². The molecule has 1 aliphatic heterocycles. The number of benzene rings is 1. The molecule has 1 fully saturated rings. The van der Waals surface area contributed by atoms with Gasteiger partial charge < -0.3 is 14.7 Å². The van der Waals surface area contributed by atoms with Crippen molar-refractivity contribution in [2.45, 2.75) is 13.0 Å². The van der Waals surface area contributed by atoms with Gasteiger partial charge in [-0.05, 0) is 31.2 Å². The van der Waals surface area contributed by atoms with Crippen LogP contribution in [0.5, 0.6) is 0 Å². The number of carbonyl (C=O) groups is 1. The number of carboxylic acids is 1. The number of hydrogen-bond acceptors (Lipinski definition) is 3. The fourth-order valence-corrected chi connectivity index (χ4v) is 2.15. The summed E-state index contributed by atoms with van der Waals surface area (Å²) in [5.74, 6) is -1.43. The number of morpholine rings is 1. The van der Waals surface area contributed by atoms with Crippen LogP contribution >= 0.6 is 0 Å². The molecular weight excluding hydrogens is 249 g/mol. The smallest absolute Gasteiger partial charge is 0.328 e. The van der Waals surface area contributed by atoms with Gasteiger partial charge in [-0.2, -0.15) is 0 Å². The third-order valence-corrected chi connectivity index (χ3v) is 2.98. The summed E-state index contributed by atoms with van der Waals surface area (Å²) >= 11 is 0. The lowest BCUT2D eigenvalue weighted by atomic mass is 10.1. The zero-order chi connectivity index (χ0) is 13.8. The first-order valence-corrected chi connectivity index (χ1v) is 6.13. The summed E-state index contributed by atoms with van der Waals surface area (Å²) in [6, 6.07) is 4.40. The molecule has 0 radical (unpaired) electrons. The summed E-state index contributed by atoms with van der Waals surface area (Å²) in [6.07, 6.45) is 2.54. The minimum absolute atomic E-state index is 0.107. The second-order valence-corrected chi connectivity index (χ2v) is 4.50. The van der Waals surface area contributed by atoms with E-state index < -0.39 is 5.97 Å². The van der Waals surface area contributed by atoms with E-state index in [1.54, 1.807) is 6.07 Å². The van der Waals surface area contributed by atoms with Gasteiger partial charge in [0.2, 0.25) is 0 Å². The number of anilines is 1. The predicted octanol–water partition coefficient (Wildman–Crippen LogP) is 2.15. The third kappa shape index (κ3) is 3.54. The molecule has 1 aromatic rings. The van der Waals surface area contributed by atoms with Crippen LogP contribution in [0.3, 0.4) is 0 Å². The van der Waals surface area contributed by atoms with Crippen LogP contribution in [-0.4, -0.2) is 36.9 Å². The third-order valence-electron chi connectivity index (χ3n) is 2.98. The summed E-state index contributed by atoms with van der Waals surface area (Å²) in [5.41, 5.74) is 1.39. The highest BCUT2D eigenvalue weighted by Gasteiger charge is 2.18. The molecule has 0 amide bonds. The Kier molecular flexibility index (Phi) is 4.16. The largest absolute Gasteiger partial charge is 0.478 e. The van der Waals surface area contributed by atoms with E-state index >= 15 is 0 Å². The zero-order valence-electron chi connectivity index (χ0n) is 10.7. The molecular formula is C14H16FNO3. The predicted molar refractivity (Wildman–Crippen MR) is 70.7 cm³/mol. The Hall–Kier alpha value is -1.88. The van der Waals surface area contributed by atoms with Crippen molar-refractivity contribution in [3.05, 3.63) is 35.7 Å². The van der Waals surface area contributed by atoms with E-state index in [0.717, 1.165) is 11.8 Å². The lowest BCUT2D eigenvalue weighted by Crippen LogP contribution is -2.41. The highest BCUT2D eigenvalue weighted by molar-refractivity contribution is 5.87. The number of carboxylic acid groups (broad SMARTS) is 1. The van der Waals surface area contributed by atoms with E-state index in [2.05, 4.69) is 4.90 Å². The van der Waals surface area contributed by atoms with E-state index in [9.17, 15) is 9.18 Å². The topological polar surface area (TPSA) is 49.8 Å². The molecule has 5 heteroatoms. The Morgan fingerprint density at radius 3 is 3.05 bits per heavy atom. The first-order valence-electron chi connectivity index (χ1n) is 6.13. The summed E-state index contributed by atoms with van der Waals surface area (Å²) in [4.78, 5) is 12.7. The van der Waals surface area contributed by atoms with Crippen LogP contribution in [0.4, 0.5) is 10.1 Å². The molecule has 1 heterocycles. The fraction of sp³-hybridized carbons (Fsp3) is 0.357. The number of nitrogens with zero attached hydrogens (tertiary/aromatic N) is 1. The summed E-state index contributed by atoms with van der Waals surface area (Å²) in [7, 11) is 0. The number of aliphatic carboxylic acids is 1. The van der Waals surface area contributed by atoms with Crippen molar-refractivity contribution in [2.75, 3.05) is 24.6 Å². The molecule has 1 saturated heterocycles. The molecule has 19 heavy (non-hydrogen) atoms. The maximum atomic E-state index is 13.3. The number of hydrogen-bond donors (Lipinski definition) is 1. The highest BCUT2D eigenvalue weighted by atomic mass is 19.1. The Balaban J connectivity index is 2.30. The maximum absolute atomic E-state index is 13.3. The molecule has 1 N–H and O–H groups in total. The molecule has 0 bridgehead atoms. The second-order valence-electron chi connectivity index (χ2n) is 4.50. The van der Waals surface area contributed by atoms with Crippen molar-refractivity contribution in [1.82, 2.24) is 0 Å². The average Bonchev–Trinajstić information content (AvgIpc) is 2.36. The lowest BCUT2D eigenvalue weighted by Gasteiger charge is -2.33. The molecule has 0 aliphatic carbocycles. The normalized spacial score (nSPS) is 19.9. The summed E-state index contributed by atoms with van der Waals surface area (Å²) < 4.78 is 18.8. The van der Waals surface area contributed by atoms with Gasteiger partial charge in [0, 0.05) is 30.4 Å². The summed E-state index contributed by atoms with van der Waals surface area (Å²) in [5, 5.41) is 8.67. The molecule has 1 aromatic carbocycles. The number of halogens is 1. The van der Waals surface area contributed by atoms with Crippen molar-refractivity contribution in [3.8, 4) is 0 Å². The Bertz CT molecular complexity index is 501. The van der Waals surface area contributed by atoms with Crippen LogP contribution < -0.4 is 4.90 Å². The molecule has 1 atom stereocenters. The van der Waals surface area contributed by atoms with Crippen molar-refractivity contribution in [3.63, 3.8) is 0 Å². The Morgan fingerprint density at radius 2 is 2.37 bits per heavy atom. The molecule has 0 aromatic heterocycles. The molecule has 2 rings (SSSR count). The van der Waals surface area contributed by atoms with Crippen LogP contribution in [0, 0.1) is 5.82 Å². The lowest BCUT2D eigenvalue weighted by molar-refractivity contribution is -0.131. The highest BCUT2D eigenvalue weighted by Crippen LogP contribution is 2.25. The van der Waals surface area contributed by atoms with Gasteiger partial charge in [-0.25, -0.2) is 9.18 Å². The van der Waals surface area contributed by atoms with Crippen LogP contribution in [0.1, 0.15) is 12.5 Å². The SMILES string of the molecule is CC1CN(c2ccc(F)cc2/C=C/C(=O)O)CCO1. The fourth-order valence-electron chi connectivity index (χ4n) is 2.15. The van der Waals surface area contributed by atoms with Gasteiger partial charge >= 0.3 is 5.97 Å². The van der Waals surface area contributed by atoms with Gasteiger partial charge in [0.15, 0.2) is 0 Å². The Labute approximate surface area is 111 Å². The molecule has 0 spiro atoms. The molecule has 0 saturated carbocycles. The van der Waals surface area contributed by atoms with Gasteiger partial charge in [-0.15, -0.1) is 0 Å². The van der Waals surface area contributed by atoms with Crippen LogP contribution in [0.25, 0.3) is 6.08 Å². The number of ether oxygens (including phenoxy) is 1. The quantitative estimate of drug-likeness (QED) is 0.851. The van der Waals surface area contributed by atoms with E-state index in [1.807, 2.05) is 6.92 Å². The van der Waals surface area contributed by atoms with Crippen molar-refractivity contribution < 1.29 is 19.0 Å². The van der Waals surface area contributed by atoms with Gasteiger partial charge in [0.25, 0.3) is 0 Å². The average molecular weight is 265 g/mol. The molecule has 102 valence electrons. The van der Waals surface area contributed by atoms with Crippen LogP contribution in [0.15, 0.2) is 24.3 Å². The second kappa shape index (κ2) is 5.84. The number of rotatable bonds is 3. The monoisotopic (exact) mass is 265 g/mol. The zero-order valence-corrected chi connectivity index (χ0v) is 10.7. The minimum Gasteiger partial charge on any atom is -0.478 e. The maximum Gasteiger partial charge on any atom is 0.328 e.